The molecule has 0 rings (SSSR count). The van der Waals surface area contributed by atoms with Gasteiger partial charge in [-0.25, -0.2) is 0 Å². The molecule has 5 nitrogen and oxygen atoms in total. The SMILES string of the molecule is CCCCCCCCCCCCCCCC(=O)O[C@H](CC(=O)O)C[N+](C)(C)C.[NaH]. The van der Waals surface area contributed by atoms with Gasteiger partial charge in [0.2, 0.25) is 0 Å². The van der Waals surface area contributed by atoms with Crippen molar-refractivity contribution in [3.8, 4) is 0 Å². The molecule has 0 heterocycles. The average Bonchev–Trinajstić information content (AvgIpc) is 2.56. The van der Waals surface area contributed by atoms with E-state index < -0.39 is 12.1 Å². The van der Waals surface area contributed by atoms with E-state index in [0.29, 0.717) is 17.4 Å². The summed E-state index contributed by atoms with van der Waals surface area (Å²) in [7, 11) is 5.90. The molecule has 0 fully saturated rings. The topological polar surface area (TPSA) is 63.6 Å². The van der Waals surface area contributed by atoms with Crippen LogP contribution in [0.25, 0.3) is 0 Å². The Morgan fingerprint density at radius 1 is 0.793 bits per heavy atom. The van der Waals surface area contributed by atoms with Crippen molar-refractivity contribution in [2.75, 3.05) is 27.7 Å². The number of quaternary nitrogens is 1. The molecule has 0 amide bonds. The Kier molecular flexibility index (Phi) is 21.3. The number of rotatable bonds is 19. The van der Waals surface area contributed by atoms with Crippen molar-refractivity contribution in [1.29, 1.82) is 0 Å². The summed E-state index contributed by atoms with van der Waals surface area (Å²) in [5.74, 6) is -1.19. The molecule has 0 unspecified atom stereocenters. The second-order valence-electron chi connectivity index (χ2n) is 9.18. The molecule has 168 valence electrons. The van der Waals surface area contributed by atoms with Crippen LogP contribution in [0.5, 0.6) is 0 Å². The molecule has 0 spiro atoms. The van der Waals surface area contributed by atoms with Crippen molar-refractivity contribution in [3.05, 3.63) is 0 Å². The summed E-state index contributed by atoms with van der Waals surface area (Å²) in [5.41, 5.74) is 0. The van der Waals surface area contributed by atoms with Gasteiger partial charge in [-0.2, -0.15) is 0 Å². The number of nitrogens with zero attached hydrogens (tertiary/aromatic N) is 1. The van der Waals surface area contributed by atoms with Gasteiger partial charge in [-0.05, 0) is 6.42 Å². The molecule has 1 atom stereocenters. The molecule has 0 aromatic heterocycles. The summed E-state index contributed by atoms with van der Waals surface area (Å²) in [6.45, 7) is 2.77. The van der Waals surface area contributed by atoms with E-state index in [0.717, 1.165) is 12.8 Å². The van der Waals surface area contributed by atoms with Crippen LogP contribution in [-0.4, -0.2) is 84.9 Å². The molecule has 6 heteroatoms. The number of likely N-dealkylation sites (N-methyl/N-ethyl adjacent to an activating group) is 1. The van der Waals surface area contributed by atoms with Gasteiger partial charge in [0.1, 0.15) is 6.54 Å². The molecule has 0 aliphatic carbocycles. The second kappa shape index (κ2) is 19.8. The van der Waals surface area contributed by atoms with Crippen molar-refractivity contribution in [3.63, 3.8) is 0 Å². The Balaban J connectivity index is 0. The normalized spacial score (nSPS) is 12.3. The molecular formula is C23H47NNaO4+. The zero-order valence-electron chi connectivity index (χ0n) is 19.0. The van der Waals surface area contributed by atoms with Crippen LogP contribution >= 0.6 is 0 Å². The third kappa shape index (κ3) is 24.0. The maximum absolute atomic E-state index is 12.0. The van der Waals surface area contributed by atoms with Crippen molar-refractivity contribution in [2.24, 2.45) is 0 Å². The number of unbranched alkanes of at least 4 members (excludes halogenated alkanes) is 12. The van der Waals surface area contributed by atoms with Crippen LogP contribution in [0.15, 0.2) is 0 Å². The Hall–Kier alpha value is -0.100. The molecule has 0 aliphatic heterocycles. The van der Waals surface area contributed by atoms with Gasteiger partial charge in [0.05, 0.1) is 27.6 Å². The van der Waals surface area contributed by atoms with Crippen LogP contribution in [0.1, 0.15) is 103 Å². The minimum absolute atomic E-state index is 0. The van der Waals surface area contributed by atoms with Crippen LogP contribution in [0.4, 0.5) is 0 Å². The summed E-state index contributed by atoms with van der Waals surface area (Å²) in [4.78, 5) is 23.0. The number of carboxylic acids is 1. The van der Waals surface area contributed by atoms with E-state index in [1.807, 2.05) is 21.1 Å². The van der Waals surface area contributed by atoms with Gasteiger partial charge < -0.3 is 14.3 Å². The number of aliphatic carboxylic acids is 1. The summed E-state index contributed by atoms with van der Waals surface area (Å²) in [6.07, 6.45) is 16.2. The first-order chi connectivity index (χ1) is 13.2. The average molecular weight is 425 g/mol. The van der Waals surface area contributed by atoms with Gasteiger partial charge in [-0.3, -0.25) is 9.59 Å². The maximum atomic E-state index is 12.0. The third-order valence-electron chi connectivity index (χ3n) is 4.94. The number of esters is 1. The molecule has 0 bridgehead atoms. The molecule has 0 saturated carbocycles. The van der Waals surface area contributed by atoms with E-state index in [4.69, 9.17) is 9.84 Å². The van der Waals surface area contributed by atoms with Crippen molar-refractivity contribution < 1.29 is 23.9 Å². The minimum atomic E-state index is -0.924. The Labute approximate surface area is 201 Å². The first-order valence-electron chi connectivity index (χ1n) is 11.5. The predicted molar refractivity (Wildman–Crippen MR) is 122 cm³/mol. The number of carboxylic acid groups (broad SMARTS) is 1. The fourth-order valence-corrected chi connectivity index (χ4v) is 3.48. The van der Waals surface area contributed by atoms with Gasteiger partial charge in [0, 0.05) is 6.42 Å². The molecule has 0 saturated heterocycles. The quantitative estimate of drug-likeness (QED) is 0.138. The predicted octanol–water partition coefficient (Wildman–Crippen LogP) is 4.91. The monoisotopic (exact) mass is 424 g/mol. The molecule has 0 aliphatic rings. The van der Waals surface area contributed by atoms with Crippen molar-refractivity contribution >= 4 is 41.5 Å². The van der Waals surface area contributed by atoms with Crippen molar-refractivity contribution in [2.45, 2.75) is 109 Å². The van der Waals surface area contributed by atoms with Gasteiger partial charge in [-0.15, -0.1) is 0 Å². The second-order valence-corrected chi connectivity index (χ2v) is 9.18. The summed E-state index contributed by atoms with van der Waals surface area (Å²) in [6, 6.07) is 0. The van der Waals surface area contributed by atoms with E-state index >= 15 is 0 Å². The number of carbonyl (C=O) groups is 2. The van der Waals surface area contributed by atoms with Crippen LogP contribution in [0.3, 0.4) is 0 Å². The molecule has 0 aromatic carbocycles. The zero-order valence-corrected chi connectivity index (χ0v) is 19.0. The van der Waals surface area contributed by atoms with Crippen LogP contribution in [-0.2, 0) is 14.3 Å². The molecule has 1 N–H and O–H groups in total. The van der Waals surface area contributed by atoms with Crippen LogP contribution < -0.4 is 0 Å². The third-order valence-corrected chi connectivity index (χ3v) is 4.94. The van der Waals surface area contributed by atoms with E-state index in [9.17, 15) is 9.59 Å². The Bertz CT molecular complexity index is 410. The van der Waals surface area contributed by atoms with Crippen LogP contribution in [0.2, 0.25) is 0 Å². The Morgan fingerprint density at radius 2 is 1.21 bits per heavy atom. The van der Waals surface area contributed by atoms with Gasteiger partial charge in [0.25, 0.3) is 0 Å². The molecular weight excluding hydrogens is 377 g/mol. The summed E-state index contributed by atoms with van der Waals surface area (Å²) in [5, 5.41) is 8.99. The molecule has 29 heavy (non-hydrogen) atoms. The van der Waals surface area contributed by atoms with Gasteiger partial charge in [0.15, 0.2) is 6.10 Å². The zero-order chi connectivity index (χ0) is 21.3. The first-order valence-corrected chi connectivity index (χ1v) is 11.5. The van der Waals surface area contributed by atoms with E-state index in [-0.39, 0.29) is 41.9 Å². The van der Waals surface area contributed by atoms with E-state index in [1.165, 1.54) is 70.6 Å². The van der Waals surface area contributed by atoms with Crippen molar-refractivity contribution in [1.82, 2.24) is 0 Å². The number of hydrogen-bond donors (Lipinski definition) is 1. The number of ether oxygens (including phenoxy) is 1. The fourth-order valence-electron chi connectivity index (χ4n) is 3.48. The van der Waals surface area contributed by atoms with Gasteiger partial charge >= 0.3 is 41.5 Å². The summed E-state index contributed by atoms with van der Waals surface area (Å²) < 4.78 is 5.98. The fraction of sp³-hybridized carbons (Fsp3) is 0.913. The molecule has 0 radical (unpaired) electrons. The van der Waals surface area contributed by atoms with Gasteiger partial charge in [-0.1, -0.05) is 84.0 Å². The Morgan fingerprint density at radius 3 is 1.59 bits per heavy atom. The number of hydrogen-bond acceptors (Lipinski definition) is 3. The standard InChI is InChI=1S/C23H45NO4.Na.H/c1-5-6-7-8-9-10-11-12-13-14-15-16-17-18-23(27)28-21(19-22(25)26)20-24(2,3)4;;/h21H,5-20H2,1-4H3;;/p+1/t21-;;/m1../s1. The summed E-state index contributed by atoms with van der Waals surface area (Å²) >= 11 is 0. The first kappa shape index (κ1) is 31.1. The van der Waals surface area contributed by atoms with E-state index in [2.05, 4.69) is 6.92 Å². The number of carbonyl (C=O) groups excluding carboxylic acids is 1. The van der Waals surface area contributed by atoms with Crippen LogP contribution in [0, 0.1) is 0 Å². The van der Waals surface area contributed by atoms with E-state index in [1.54, 1.807) is 0 Å². The molecule has 0 aromatic rings.